The zero-order valence-corrected chi connectivity index (χ0v) is 23.5. The first kappa shape index (κ1) is 29.1. The molecule has 5 N–H and O–H groups in total. The fourth-order valence-electron chi connectivity index (χ4n) is 4.53. The lowest BCUT2D eigenvalue weighted by molar-refractivity contribution is -0.146. The Bertz CT molecular complexity index is 1340. The summed E-state index contributed by atoms with van der Waals surface area (Å²) in [6, 6.07) is 4.04. The number of halogens is 2. The number of sulfonamides is 1. The van der Waals surface area contributed by atoms with E-state index in [4.69, 9.17) is 28.0 Å². The SMILES string of the molecule is CC(NC(=O)C1=NOCC1CCCCNc1nc2c([nH]1)CCCC2)(NS(=O)(=O)c1c(Cl)cccc1Cl)C(=O)O. The molecule has 0 bridgehead atoms. The normalized spacial score (nSPS) is 18.4. The van der Waals surface area contributed by atoms with Crippen LogP contribution in [0, 0.1) is 5.92 Å². The number of unbranched alkanes of at least 4 members (excludes halogenated alkanes) is 1. The van der Waals surface area contributed by atoms with Crippen LogP contribution in [0.15, 0.2) is 28.3 Å². The number of aromatic nitrogens is 2. The lowest BCUT2D eigenvalue weighted by Crippen LogP contribution is -2.64. The van der Waals surface area contributed by atoms with E-state index in [1.54, 1.807) is 0 Å². The topological polar surface area (TPSA) is 175 Å². The number of carbonyl (C=O) groups is 2. The molecule has 2 aliphatic rings. The van der Waals surface area contributed by atoms with Crippen LogP contribution in [0.5, 0.6) is 0 Å². The van der Waals surface area contributed by atoms with Crippen LogP contribution >= 0.6 is 23.2 Å². The first-order valence-corrected chi connectivity index (χ1v) is 14.8. The predicted molar refractivity (Wildman–Crippen MR) is 145 cm³/mol. The number of carboxylic acid groups (broad SMARTS) is 1. The van der Waals surface area contributed by atoms with E-state index in [1.165, 1.54) is 30.3 Å². The summed E-state index contributed by atoms with van der Waals surface area (Å²) in [5.41, 5.74) is -0.113. The zero-order chi connectivity index (χ0) is 28.2. The number of oxime groups is 1. The second-order valence-corrected chi connectivity index (χ2v) is 12.1. The van der Waals surface area contributed by atoms with Crippen LogP contribution in [0.3, 0.4) is 0 Å². The van der Waals surface area contributed by atoms with E-state index in [9.17, 15) is 23.1 Å². The number of imidazole rings is 1. The highest BCUT2D eigenvalue weighted by Crippen LogP contribution is 2.29. The molecule has 15 heteroatoms. The minimum Gasteiger partial charge on any atom is -0.478 e. The fourth-order valence-corrected chi connectivity index (χ4v) is 6.96. The second kappa shape index (κ2) is 12.1. The Hall–Kier alpha value is -2.87. The van der Waals surface area contributed by atoms with Crippen LogP contribution in [-0.4, -0.2) is 59.9 Å². The zero-order valence-electron chi connectivity index (χ0n) is 21.2. The lowest BCUT2D eigenvalue weighted by atomic mass is 9.97. The number of aryl methyl sites for hydroxylation is 2. The van der Waals surface area contributed by atoms with Crippen LogP contribution in [-0.2, 0) is 37.3 Å². The Kier molecular flexibility index (Phi) is 9.04. The van der Waals surface area contributed by atoms with Crippen LogP contribution in [0.4, 0.5) is 5.95 Å². The van der Waals surface area contributed by atoms with Crippen LogP contribution < -0.4 is 15.4 Å². The molecule has 0 fully saturated rings. The van der Waals surface area contributed by atoms with Gasteiger partial charge in [0.2, 0.25) is 21.6 Å². The molecule has 2 heterocycles. The second-order valence-electron chi connectivity index (χ2n) is 9.65. The molecule has 1 aliphatic carbocycles. The van der Waals surface area contributed by atoms with Crippen molar-refractivity contribution in [1.82, 2.24) is 20.0 Å². The van der Waals surface area contributed by atoms with Crippen molar-refractivity contribution in [1.29, 1.82) is 0 Å². The maximum Gasteiger partial charge on any atom is 0.345 e. The van der Waals surface area contributed by atoms with Gasteiger partial charge < -0.3 is 25.6 Å². The van der Waals surface area contributed by atoms with Gasteiger partial charge in [-0.05, 0) is 57.6 Å². The number of amides is 1. The van der Waals surface area contributed by atoms with Gasteiger partial charge in [0.1, 0.15) is 11.5 Å². The highest BCUT2D eigenvalue weighted by Gasteiger charge is 2.43. The van der Waals surface area contributed by atoms with Gasteiger partial charge in [-0.25, -0.2) is 18.2 Å². The maximum atomic E-state index is 13.0. The van der Waals surface area contributed by atoms with Crippen molar-refractivity contribution in [3.8, 4) is 0 Å². The maximum absolute atomic E-state index is 13.0. The Balaban J connectivity index is 1.32. The first-order valence-electron chi connectivity index (χ1n) is 12.6. The molecule has 2 unspecified atom stereocenters. The van der Waals surface area contributed by atoms with Crippen molar-refractivity contribution in [3.05, 3.63) is 39.6 Å². The molecule has 0 radical (unpaired) electrons. The van der Waals surface area contributed by atoms with Gasteiger partial charge in [0, 0.05) is 18.2 Å². The van der Waals surface area contributed by atoms with E-state index in [0.29, 0.717) is 13.0 Å². The molecule has 1 aromatic carbocycles. The number of nitrogens with zero attached hydrogens (tertiary/aromatic N) is 2. The molecule has 1 aliphatic heterocycles. The predicted octanol–water partition coefficient (Wildman–Crippen LogP) is 3.08. The van der Waals surface area contributed by atoms with Crippen LogP contribution in [0.2, 0.25) is 10.0 Å². The van der Waals surface area contributed by atoms with Crippen molar-refractivity contribution in [2.45, 2.75) is 62.4 Å². The number of nitrogens with one attached hydrogen (secondary N) is 4. The summed E-state index contributed by atoms with van der Waals surface area (Å²) in [6.07, 6.45) is 6.44. The molecule has 0 spiro atoms. The summed E-state index contributed by atoms with van der Waals surface area (Å²) < 4.78 is 27.9. The van der Waals surface area contributed by atoms with Gasteiger partial charge in [0.25, 0.3) is 5.91 Å². The number of aromatic amines is 1. The molecule has 212 valence electrons. The number of hydrogen-bond donors (Lipinski definition) is 5. The average molecular weight is 602 g/mol. The smallest absolute Gasteiger partial charge is 0.345 e. The Labute approximate surface area is 235 Å². The van der Waals surface area contributed by atoms with Crippen LogP contribution in [0.1, 0.15) is 50.4 Å². The molecule has 2 atom stereocenters. The number of hydrogen-bond acceptors (Lipinski definition) is 8. The molecule has 1 aromatic heterocycles. The quantitative estimate of drug-likeness (QED) is 0.182. The van der Waals surface area contributed by atoms with Crippen molar-refractivity contribution < 1.29 is 28.0 Å². The Morgan fingerprint density at radius 1 is 1.21 bits per heavy atom. The Morgan fingerprint density at radius 2 is 1.92 bits per heavy atom. The van der Waals surface area contributed by atoms with Gasteiger partial charge in [-0.2, -0.15) is 4.72 Å². The molecule has 0 saturated carbocycles. The Morgan fingerprint density at radius 3 is 2.62 bits per heavy atom. The number of carbonyl (C=O) groups excluding carboxylic acids is 1. The molecule has 12 nitrogen and oxygen atoms in total. The number of fused-ring (bicyclic) bond motifs is 1. The third-order valence-electron chi connectivity index (χ3n) is 6.60. The lowest BCUT2D eigenvalue weighted by Gasteiger charge is -2.27. The van der Waals surface area contributed by atoms with Gasteiger partial charge in [0.15, 0.2) is 5.71 Å². The van der Waals surface area contributed by atoms with Crippen molar-refractivity contribution in [2.75, 3.05) is 18.5 Å². The largest absolute Gasteiger partial charge is 0.478 e. The molecule has 39 heavy (non-hydrogen) atoms. The van der Waals surface area contributed by atoms with E-state index >= 15 is 0 Å². The highest BCUT2D eigenvalue weighted by molar-refractivity contribution is 7.89. The molecule has 2 aromatic rings. The third-order valence-corrected chi connectivity index (χ3v) is 9.11. The first-order chi connectivity index (χ1) is 18.5. The average Bonchev–Trinajstić information content (AvgIpc) is 3.49. The number of rotatable bonds is 12. The number of aliphatic carboxylic acids is 1. The summed E-state index contributed by atoms with van der Waals surface area (Å²) in [5, 5.41) is 18.7. The van der Waals surface area contributed by atoms with E-state index in [2.05, 4.69) is 25.8 Å². The van der Waals surface area contributed by atoms with Crippen molar-refractivity contribution in [3.63, 3.8) is 0 Å². The number of H-pyrrole nitrogens is 1. The van der Waals surface area contributed by atoms with Gasteiger partial charge in [0.05, 0.1) is 15.7 Å². The summed E-state index contributed by atoms with van der Waals surface area (Å²) in [7, 11) is -4.55. The van der Waals surface area contributed by atoms with Crippen molar-refractivity contribution >= 4 is 56.8 Å². The number of anilines is 1. The van der Waals surface area contributed by atoms with E-state index < -0.39 is 32.5 Å². The van der Waals surface area contributed by atoms with Gasteiger partial charge in [-0.1, -0.05) is 40.8 Å². The minimum atomic E-state index is -4.55. The highest BCUT2D eigenvalue weighted by atomic mass is 35.5. The monoisotopic (exact) mass is 600 g/mol. The third kappa shape index (κ3) is 6.83. The standard InChI is InChI=1S/C24H30Cl2N6O6S/c1-24(22(34)35,32-39(36,37)20-15(25)8-6-9-16(20)26)30-21(33)19-14(13-38-31-19)7-4-5-12-27-23-28-17-10-2-3-11-18(17)29-23/h6,8-9,14,32H,2-5,7,10-13H2,1H3,(H,30,33)(H,34,35)(H2,27,28,29). The summed E-state index contributed by atoms with van der Waals surface area (Å²) in [4.78, 5) is 37.6. The van der Waals surface area contributed by atoms with Gasteiger partial charge in [-0.3, -0.25) is 4.79 Å². The molecule has 4 rings (SSSR count). The molecule has 1 amide bonds. The van der Waals surface area contributed by atoms with Gasteiger partial charge >= 0.3 is 5.97 Å². The number of carboxylic acids is 1. The molecule has 0 saturated heterocycles. The fraction of sp³-hybridized carbons (Fsp3) is 0.500. The summed E-state index contributed by atoms with van der Waals surface area (Å²) >= 11 is 12.0. The molecular weight excluding hydrogens is 571 g/mol. The molecular formula is C24H30Cl2N6O6S. The van der Waals surface area contributed by atoms with E-state index in [0.717, 1.165) is 50.7 Å². The van der Waals surface area contributed by atoms with Crippen LogP contribution in [0.25, 0.3) is 0 Å². The van der Waals surface area contributed by atoms with E-state index in [-0.39, 0.29) is 28.3 Å². The minimum absolute atomic E-state index is 0.0101. The van der Waals surface area contributed by atoms with E-state index in [1.807, 2.05) is 4.72 Å². The van der Waals surface area contributed by atoms with Gasteiger partial charge in [-0.15, -0.1) is 0 Å². The summed E-state index contributed by atoms with van der Waals surface area (Å²) in [6.45, 7) is 1.84. The number of benzene rings is 1. The summed E-state index contributed by atoms with van der Waals surface area (Å²) in [5.74, 6) is -2.13. The van der Waals surface area contributed by atoms with Crippen molar-refractivity contribution in [2.24, 2.45) is 11.1 Å².